The Morgan fingerprint density at radius 1 is 1.00 bits per heavy atom. The third-order valence-corrected chi connectivity index (χ3v) is 6.32. The van der Waals surface area contributed by atoms with Crippen molar-refractivity contribution in [1.82, 2.24) is 5.32 Å². The quantitative estimate of drug-likeness (QED) is 0.475. The summed E-state index contributed by atoms with van der Waals surface area (Å²) in [6, 6.07) is 18.1. The second-order valence-corrected chi connectivity index (χ2v) is 9.68. The first kappa shape index (κ1) is 24.3. The van der Waals surface area contributed by atoms with E-state index in [0.29, 0.717) is 24.3 Å². The fourth-order valence-corrected chi connectivity index (χ4v) is 4.09. The fourth-order valence-electron chi connectivity index (χ4n) is 3.20. The van der Waals surface area contributed by atoms with Gasteiger partial charge in [0.05, 0.1) is 25.0 Å². The second-order valence-electron chi connectivity index (χ2n) is 7.77. The molecule has 1 N–H and O–H groups in total. The molecule has 0 heterocycles. The largest absolute Gasteiger partial charge is 0.492 e. The molecule has 0 fully saturated rings. The molecule has 0 bridgehead atoms. The van der Waals surface area contributed by atoms with Crippen molar-refractivity contribution in [3.8, 4) is 5.75 Å². The fraction of sp³-hybridized carbons (Fsp3) is 0.240. The van der Waals surface area contributed by atoms with Gasteiger partial charge in [-0.05, 0) is 66.9 Å². The van der Waals surface area contributed by atoms with Crippen LogP contribution < -0.4 is 14.4 Å². The highest BCUT2D eigenvalue weighted by atomic mass is 32.2. The summed E-state index contributed by atoms with van der Waals surface area (Å²) in [7, 11) is -3.71. The normalized spacial score (nSPS) is 11.2. The summed E-state index contributed by atoms with van der Waals surface area (Å²) < 4.78 is 45.3. The molecule has 0 aromatic heterocycles. The summed E-state index contributed by atoms with van der Waals surface area (Å²) in [5.74, 6) is -0.136. The van der Waals surface area contributed by atoms with Crippen molar-refractivity contribution in [2.45, 2.75) is 20.4 Å². The van der Waals surface area contributed by atoms with E-state index >= 15 is 0 Å². The van der Waals surface area contributed by atoms with Crippen LogP contribution in [0.4, 0.5) is 10.1 Å². The van der Waals surface area contributed by atoms with Crippen LogP contribution in [0.3, 0.4) is 0 Å². The molecule has 3 aromatic carbocycles. The van der Waals surface area contributed by atoms with Gasteiger partial charge in [-0.1, -0.05) is 30.3 Å². The van der Waals surface area contributed by atoms with E-state index in [-0.39, 0.29) is 18.1 Å². The standard InChI is InChI=1S/C25H27FN2O4S/c1-18-8-13-22(16-19(18)2)32-15-14-27-25(29)21-11-9-20(10-12-21)17-28(33(3,30)31)24-7-5-4-6-23(24)26/h4-13,16H,14-15,17H2,1-3H3,(H,27,29). The Morgan fingerprint density at radius 3 is 2.33 bits per heavy atom. The maximum absolute atomic E-state index is 14.2. The Morgan fingerprint density at radius 2 is 1.70 bits per heavy atom. The van der Waals surface area contributed by atoms with Crippen molar-refractivity contribution in [3.05, 3.63) is 94.8 Å². The predicted molar refractivity (Wildman–Crippen MR) is 128 cm³/mol. The predicted octanol–water partition coefficient (Wildman–Crippen LogP) is 4.22. The molecule has 0 unspecified atom stereocenters. The number of halogens is 1. The van der Waals surface area contributed by atoms with Crippen molar-refractivity contribution in [2.75, 3.05) is 23.7 Å². The first-order valence-corrected chi connectivity index (χ1v) is 12.3. The summed E-state index contributed by atoms with van der Waals surface area (Å²) in [6.45, 7) is 4.66. The molecule has 1 amide bonds. The summed E-state index contributed by atoms with van der Waals surface area (Å²) in [4.78, 5) is 12.4. The number of carbonyl (C=O) groups is 1. The average Bonchev–Trinajstić information content (AvgIpc) is 2.77. The molecule has 0 aliphatic rings. The van der Waals surface area contributed by atoms with Crippen molar-refractivity contribution in [2.24, 2.45) is 0 Å². The molecule has 0 saturated carbocycles. The van der Waals surface area contributed by atoms with Gasteiger partial charge in [-0.15, -0.1) is 0 Å². The van der Waals surface area contributed by atoms with Gasteiger partial charge in [-0.3, -0.25) is 9.10 Å². The van der Waals surface area contributed by atoms with Gasteiger partial charge in [0.15, 0.2) is 0 Å². The average molecular weight is 471 g/mol. The van der Waals surface area contributed by atoms with Crippen molar-refractivity contribution < 1.29 is 22.3 Å². The van der Waals surface area contributed by atoms with Gasteiger partial charge in [-0.2, -0.15) is 0 Å². The van der Waals surface area contributed by atoms with Crippen LogP contribution in [0.2, 0.25) is 0 Å². The van der Waals surface area contributed by atoms with Crippen LogP contribution in [0.1, 0.15) is 27.0 Å². The molecular formula is C25H27FN2O4S. The topological polar surface area (TPSA) is 75.7 Å². The molecule has 0 atom stereocenters. The first-order chi connectivity index (χ1) is 15.6. The zero-order valence-electron chi connectivity index (χ0n) is 18.8. The monoisotopic (exact) mass is 470 g/mol. The minimum Gasteiger partial charge on any atom is -0.492 e. The molecule has 3 aromatic rings. The summed E-state index contributed by atoms with van der Waals surface area (Å²) in [5.41, 5.74) is 3.36. The maximum Gasteiger partial charge on any atom is 0.251 e. The minimum absolute atomic E-state index is 0.0226. The van der Waals surface area contributed by atoms with Crippen molar-refractivity contribution in [3.63, 3.8) is 0 Å². The van der Waals surface area contributed by atoms with Gasteiger partial charge < -0.3 is 10.1 Å². The van der Waals surface area contributed by atoms with Crippen LogP contribution in [0.5, 0.6) is 5.75 Å². The lowest BCUT2D eigenvalue weighted by molar-refractivity contribution is 0.0947. The Balaban J connectivity index is 1.57. The van der Waals surface area contributed by atoms with E-state index in [0.717, 1.165) is 21.9 Å². The molecule has 8 heteroatoms. The van der Waals surface area contributed by atoms with E-state index in [9.17, 15) is 17.6 Å². The summed E-state index contributed by atoms with van der Waals surface area (Å²) in [5, 5.41) is 2.79. The Bertz CT molecular complexity index is 1230. The van der Waals surface area contributed by atoms with Crippen LogP contribution in [-0.4, -0.2) is 33.7 Å². The van der Waals surface area contributed by atoms with E-state index in [1.54, 1.807) is 30.3 Å². The zero-order chi connectivity index (χ0) is 24.0. The molecular weight excluding hydrogens is 443 g/mol. The number of amides is 1. The van der Waals surface area contributed by atoms with Crippen LogP contribution in [0.15, 0.2) is 66.7 Å². The van der Waals surface area contributed by atoms with Crippen LogP contribution in [0.25, 0.3) is 0 Å². The number of hydrogen-bond donors (Lipinski definition) is 1. The maximum atomic E-state index is 14.2. The van der Waals surface area contributed by atoms with E-state index in [4.69, 9.17) is 4.74 Å². The van der Waals surface area contributed by atoms with Gasteiger partial charge in [0, 0.05) is 5.56 Å². The molecule has 3 rings (SSSR count). The van der Waals surface area contributed by atoms with E-state index in [1.807, 2.05) is 32.0 Å². The number of ether oxygens (including phenoxy) is 1. The Labute approximate surface area is 194 Å². The van der Waals surface area contributed by atoms with Crippen LogP contribution in [0, 0.1) is 19.7 Å². The number of carbonyl (C=O) groups excluding carboxylic acids is 1. The molecule has 6 nitrogen and oxygen atoms in total. The highest BCUT2D eigenvalue weighted by molar-refractivity contribution is 7.92. The smallest absolute Gasteiger partial charge is 0.251 e. The van der Waals surface area contributed by atoms with Crippen molar-refractivity contribution in [1.29, 1.82) is 0 Å². The highest BCUT2D eigenvalue weighted by Gasteiger charge is 2.21. The van der Waals surface area contributed by atoms with Crippen molar-refractivity contribution >= 4 is 21.6 Å². The van der Waals surface area contributed by atoms with Gasteiger partial charge in [-0.25, -0.2) is 12.8 Å². The number of nitrogens with one attached hydrogen (secondary N) is 1. The lowest BCUT2D eigenvalue weighted by atomic mass is 10.1. The third-order valence-electron chi connectivity index (χ3n) is 5.20. The summed E-state index contributed by atoms with van der Waals surface area (Å²) >= 11 is 0. The minimum atomic E-state index is -3.71. The zero-order valence-corrected chi connectivity index (χ0v) is 19.7. The summed E-state index contributed by atoms with van der Waals surface area (Å²) in [6.07, 6.45) is 1.03. The third kappa shape index (κ3) is 6.55. The number of aryl methyl sites for hydroxylation is 2. The number of sulfonamides is 1. The Hall–Kier alpha value is -3.39. The molecule has 0 spiro atoms. The van der Waals surface area contributed by atoms with E-state index in [1.165, 1.54) is 23.8 Å². The van der Waals surface area contributed by atoms with Crippen LogP contribution >= 0.6 is 0 Å². The molecule has 0 aliphatic heterocycles. The van der Waals surface area contributed by atoms with Gasteiger partial charge in [0.1, 0.15) is 18.2 Å². The highest BCUT2D eigenvalue weighted by Crippen LogP contribution is 2.24. The second kappa shape index (κ2) is 10.5. The first-order valence-electron chi connectivity index (χ1n) is 10.4. The van der Waals surface area contributed by atoms with E-state index in [2.05, 4.69) is 5.32 Å². The number of rotatable bonds is 9. The lowest BCUT2D eigenvalue weighted by Crippen LogP contribution is -2.30. The Kier molecular flexibility index (Phi) is 7.71. The SMILES string of the molecule is Cc1ccc(OCCNC(=O)c2ccc(CN(c3ccccc3F)S(C)(=O)=O)cc2)cc1C. The molecule has 0 saturated heterocycles. The number of hydrogen-bond acceptors (Lipinski definition) is 4. The number of nitrogens with zero attached hydrogens (tertiary/aromatic N) is 1. The molecule has 33 heavy (non-hydrogen) atoms. The molecule has 0 aliphatic carbocycles. The number of para-hydroxylation sites is 1. The number of anilines is 1. The lowest BCUT2D eigenvalue weighted by Gasteiger charge is -2.23. The molecule has 0 radical (unpaired) electrons. The van der Waals surface area contributed by atoms with E-state index < -0.39 is 15.8 Å². The van der Waals surface area contributed by atoms with Gasteiger partial charge in [0.25, 0.3) is 5.91 Å². The molecule has 174 valence electrons. The van der Waals surface area contributed by atoms with Gasteiger partial charge in [0.2, 0.25) is 10.0 Å². The van der Waals surface area contributed by atoms with Gasteiger partial charge >= 0.3 is 0 Å². The van der Waals surface area contributed by atoms with Crippen LogP contribution in [-0.2, 0) is 16.6 Å². The number of benzene rings is 3.